The van der Waals surface area contributed by atoms with E-state index in [1.807, 2.05) is 30.4 Å². The number of carbonyl (C=O) groups is 1. The van der Waals surface area contributed by atoms with Crippen molar-refractivity contribution in [3.8, 4) is 5.75 Å². The molecule has 9 nitrogen and oxygen atoms in total. The molecule has 0 spiro atoms. The van der Waals surface area contributed by atoms with Gasteiger partial charge in [-0.3, -0.25) is 14.2 Å². The number of hydrogen-bond donors (Lipinski definition) is 3. The number of aliphatic hydroxyl groups is 1. The fourth-order valence-electron chi connectivity index (χ4n) is 5.70. The molecule has 1 aliphatic rings. The number of para-hydroxylation sites is 1. The van der Waals surface area contributed by atoms with Crippen LogP contribution in [0.1, 0.15) is 41.4 Å². The lowest BCUT2D eigenvalue weighted by Crippen LogP contribution is -2.41. The number of nitrogens with zero attached hydrogens (tertiary/aromatic N) is 2. The first kappa shape index (κ1) is 25.4. The molecular weight excluding hydrogens is 508 g/mol. The average molecular weight is 537 g/mol. The van der Waals surface area contributed by atoms with Gasteiger partial charge in [0.15, 0.2) is 0 Å². The lowest BCUT2D eigenvalue weighted by Gasteiger charge is -2.20. The molecule has 0 saturated carbocycles. The molecule has 2 heterocycles. The SMILES string of the molecule is COc1cccc2c(=O)n(C3C=CC=C3c3ccc(C(N)=O)c4[nH]c5cc(C(C)(C)O)ccc5c34)c(=O)n(C)c12. The number of hydrogen-bond acceptors (Lipinski definition) is 5. The Morgan fingerprint density at radius 1 is 1.10 bits per heavy atom. The number of nitrogens with one attached hydrogen (secondary N) is 1. The molecule has 1 aliphatic carbocycles. The van der Waals surface area contributed by atoms with Crippen LogP contribution in [0.3, 0.4) is 0 Å². The highest BCUT2D eigenvalue weighted by Gasteiger charge is 2.28. The number of aromatic amines is 1. The van der Waals surface area contributed by atoms with Crippen LogP contribution in [0.5, 0.6) is 5.75 Å². The Labute approximate surface area is 228 Å². The van der Waals surface area contributed by atoms with E-state index in [1.54, 1.807) is 57.3 Å². The number of carbonyl (C=O) groups excluding carboxylic acids is 1. The maximum Gasteiger partial charge on any atom is 0.332 e. The summed E-state index contributed by atoms with van der Waals surface area (Å²) in [4.78, 5) is 43.1. The first-order valence-corrected chi connectivity index (χ1v) is 12.8. The lowest BCUT2D eigenvalue weighted by molar-refractivity contribution is 0.0787. The number of fused-ring (bicyclic) bond motifs is 4. The molecule has 2 aromatic heterocycles. The van der Waals surface area contributed by atoms with E-state index >= 15 is 0 Å². The summed E-state index contributed by atoms with van der Waals surface area (Å²) in [6.07, 6.45) is 5.49. The number of rotatable bonds is 5. The zero-order chi connectivity index (χ0) is 28.5. The molecule has 6 rings (SSSR count). The van der Waals surface area contributed by atoms with Crippen molar-refractivity contribution in [2.45, 2.75) is 25.5 Å². The zero-order valence-electron chi connectivity index (χ0n) is 22.5. The van der Waals surface area contributed by atoms with Crippen LogP contribution in [0.25, 0.3) is 38.3 Å². The van der Waals surface area contributed by atoms with Gasteiger partial charge in [0.25, 0.3) is 11.5 Å². The van der Waals surface area contributed by atoms with Crippen LogP contribution in [-0.4, -0.2) is 32.2 Å². The van der Waals surface area contributed by atoms with E-state index < -0.39 is 28.8 Å². The summed E-state index contributed by atoms with van der Waals surface area (Å²) >= 11 is 0. The number of allylic oxidation sites excluding steroid dienone is 4. The second-order valence-electron chi connectivity index (χ2n) is 10.5. The van der Waals surface area contributed by atoms with E-state index in [0.717, 1.165) is 27.4 Å². The van der Waals surface area contributed by atoms with Gasteiger partial charge >= 0.3 is 5.69 Å². The number of methoxy groups -OCH3 is 1. The van der Waals surface area contributed by atoms with Crippen molar-refractivity contribution in [1.29, 1.82) is 0 Å². The largest absolute Gasteiger partial charge is 0.495 e. The molecule has 202 valence electrons. The fraction of sp³-hybridized carbons (Fsp3) is 0.194. The predicted octanol–water partition coefficient (Wildman–Crippen LogP) is 3.86. The molecule has 1 amide bonds. The molecule has 0 radical (unpaired) electrons. The van der Waals surface area contributed by atoms with Gasteiger partial charge in [0.2, 0.25) is 0 Å². The Hall–Kier alpha value is -4.89. The minimum Gasteiger partial charge on any atom is -0.495 e. The summed E-state index contributed by atoms with van der Waals surface area (Å²) in [5.41, 5.74) is 7.92. The van der Waals surface area contributed by atoms with E-state index in [1.165, 1.54) is 16.2 Å². The maximum absolute atomic E-state index is 13.8. The van der Waals surface area contributed by atoms with Crippen LogP contribution in [0.15, 0.2) is 76.3 Å². The fourth-order valence-corrected chi connectivity index (χ4v) is 5.70. The number of amides is 1. The van der Waals surface area contributed by atoms with E-state index in [9.17, 15) is 19.5 Å². The molecule has 0 fully saturated rings. The highest BCUT2D eigenvalue weighted by Crippen LogP contribution is 2.41. The van der Waals surface area contributed by atoms with E-state index in [0.29, 0.717) is 33.3 Å². The van der Waals surface area contributed by atoms with Gasteiger partial charge in [0.1, 0.15) is 11.3 Å². The minimum absolute atomic E-state index is 0.314. The molecule has 5 aromatic rings. The van der Waals surface area contributed by atoms with Crippen molar-refractivity contribution in [3.05, 3.63) is 104 Å². The smallest absolute Gasteiger partial charge is 0.332 e. The summed E-state index contributed by atoms with van der Waals surface area (Å²) in [6.45, 7) is 3.40. The molecule has 1 unspecified atom stereocenters. The van der Waals surface area contributed by atoms with E-state index in [2.05, 4.69) is 4.98 Å². The normalized spacial score (nSPS) is 15.3. The van der Waals surface area contributed by atoms with Crippen LogP contribution in [-0.2, 0) is 12.6 Å². The quantitative estimate of drug-likeness (QED) is 0.314. The van der Waals surface area contributed by atoms with E-state index in [-0.39, 0.29) is 0 Å². The van der Waals surface area contributed by atoms with Crippen LogP contribution in [0.4, 0.5) is 0 Å². The molecule has 40 heavy (non-hydrogen) atoms. The highest BCUT2D eigenvalue weighted by atomic mass is 16.5. The van der Waals surface area contributed by atoms with Crippen molar-refractivity contribution in [1.82, 2.24) is 14.1 Å². The summed E-state index contributed by atoms with van der Waals surface area (Å²) in [7, 11) is 3.11. The monoisotopic (exact) mass is 536 g/mol. The van der Waals surface area contributed by atoms with Gasteiger partial charge in [0, 0.05) is 23.3 Å². The third kappa shape index (κ3) is 3.62. The van der Waals surface area contributed by atoms with Gasteiger partial charge in [-0.15, -0.1) is 0 Å². The van der Waals surface area contributed by atoms with Gasteiger partial charge in [-0.1, -0.05) is 42.5 Å². The topological polar surface area (TPSA) is 132 Å². The Morgan fingerprint density at radius 2 is 1.88 bits per heavy atom. The van der Waals surface area contributed by atoms with Crippen LogP contribution in [0, 0.1) is 0 Å². The number of aryl methyl sites for hydroxylation is 1. The number of ether oxygens (including phenoxy) is 1. The second-order valence-corrected chi connectivity index (χ2v) is 10.5. The number of H-pyrrole nitrogens is 1. The molecular formula is C31H28N4O5. The Balaban J connectivity index is 1.62. The average Bonchev–Trinajstić information content (AvgIpc) is 3.55. The molecule has 1 atom stereocenters. The van der Waals surface area contributed by atoms with E-state index in [4.69, 9.17) is 10.5 Å². The molecule has 3 aromatic carbocycles. The van der Waals surface area contributed by atoms with Crippen molar-refractivity contribution >= 4 is 44.2 Å². The minimum atomic E-state index is -1.07. The standard InChI is InChI=1S/C31H28N4O5/c1-31(2,39)16-11-12-19-22(15-16)33-26-20(28(32)36)14-13-18(25(19)26)17-7-5-9-23(17)35-29(37)21-8-6-10-24(40-4)27(21)34(3)30(35)38/h5-15,23,33,39H,1-4H3,(H2,32,36). The Bertz CT molecular complexity index is 2070. The predicted molar refractivity (Wildman–Crippen MR) is 156 cm³/mol. The van der Waals surface area contributed by atoms with Gasteiger partial charge in [-0.2, -0.15) is 0 Å². The van der Waals surface area contributed by atoms with Gasteiger partial charge in [-0.25, -0.2) is 9.36 Å². The zero-order valence-corrected chi connectivity index (χ0v) is 22.5. The maximum atomic E-state index is 13.8. The second kappa shape index (κ2) is 8.82. The molecule has 9 heteroatoms. The van der Waals surface area contributed by atoms with Gasteiger partial charge in [0.05, 0.1) is 35.2 Å². The summed E-state index contributed by atoms with van der Waals surface area (Å²) in [6, 6.07) is 13.4. The van der Waals surface area contributed by atoms with Crippen molar-refractivity contribution in [2.24, 2.45) is 12.8 Å². The van der Waals surface area contributed by atoms with Crippen molar-refractivity contribution in [3.63, 3.8) is 0 Å². The number of nitrogens with two attached hydrogens (primary N) is 1. The highest BCUT2D eigenvalue weighted by molar-refractivity contribution is 6.18. The summed E-state index contributed by atoms with van der Waals surface area (Å²) in [5.74, 6) is -0.151. The lowest BCUT2D eigenvalue weighted by atomic mass is 9.92. The molecule has 0 bridgehead atoms. The van der Waals surface area contributed by atoms with Crippen LogP contribution in [0.2, 0.25) is 0 Å². The van der Waals surface area contributed by atoms with Gasteiger partial charge < -0.3 is 20.6 Å². The molecule has 0 aliphatic heterocycles. The summed E-state index contributed by atoms with van der Waals surface area (Å²) in [5, 5.41) is 12.5. The third-order valence-corrected chi connectivity index (χ3v) is 7.70. The van der Waals surface area contributed by atoms with Crippen LogP contribution >= 0.6 is 0 Å². The Morgan fingerprint density at radius 3 is 2.58 bits per heavy atom. The third-order valence-electron chi connectivity index (χ3n) is 7.70. The first-order valence-electron chi connectivity index (χ1n) is 12.8. The number of aromatic nitrogens is 3. The molecule has 4 N–H and O–H groups in total. The van der Waals surface area contributed by atoms with Crippen LogP contribution < -0.4 is 21.7 Å². The van der Waals surface area contributed by atoms with Gasteiger partial charge in [-0.05, 0) is 54.8 Å². The van der Waals surface area contributed by atoms with Crippen molar-refractivity contribution in [2.75, 3.05) is 7.11 Å². The van der Waals surface area contributed by atoms with Crippen molar-refractivity contribution < 1.29 is 14.6 Å². The number of primary amides is 1. The Kier molecular flexibility index (Phi) is 5.60. The molecule has 0 saturated heterocycles. The number of benzene rings is 3. The summed E-state index contributed by atoms with van der Waals surface area (Å²) < 4.78 is 8.09. The first-order chi connectivity index (χ1) is 19.0.